The lowest BCUT2D eigenvalue weighted by Gasteiger charge is -2.32. The average Bonchev–Trinajstić information content (AvgIpc) is 2.74. The number of halogens is 1. The van der Waals surface area contributed by atoms with Crippen LogP contribution >= 0.6 is 11.3 Å². The summed E-state index contributed by atoms with van der Waals surface area (Å²) in [5.74, 6) is 0. The Morgan fingerprint density at radius 1 is 1.50 bits per heavy atom. The Labute approximate surface area is 87.3 Å². The molecule has 4 heteroatoms. The Morgan fingerprint density at radius 2 is 2.29 bits per heavy atom. The largest absolute Gasteiger partial charge is 0.379 e. The number of rotatable bonds is 3. The SMILES string of the molecule is FCC(c1cccs1)N1CCOCC1. The fourth-order valence-electron chi connectivity index (χ4n) is 1.72. The zero-order valence-electron chi connectivity index (χ0n) is 7.99. The molecule has 0 saturated carbocycles. The summed E-state index contributed by atoms with van der Waals surface area (Å²) < 4.78 is 18.2. The van der Waals surface area contributed by atoms with Gasteiger partial charge in [0.1, 0.15) is 6.67 Å². The fraction of sp³-hybridized carbons (Fsp3) is 0.600. The van der Waals surface area contributed by atoms with Gasteiger partial charge in [-0.15, -0.1) is 11.3 Å². The summed E-state index contributed by atoms with van der Waals surface area (Å²) in [5, 5.41) is 2.00. The zero-order valence-corrected chi connectivity index (χ0v) is 8.80. The van der Waals surface area contributed by atoms with Crippen molar-refractivity contribution in [3.63, 3.8) is 0 Å². The number of ether oxygens (including phenoxy) is 1. The first kappa shape index (κ1) is 10.1. The van der Waals surface area contributed by atoms with Crippen molar-refractivity contribution in [2.75, 3.05) is 33.0 Å². The molecule has 2 rings (SSSR count). The predicted molar refractivity (Wildman–Crippen MR) is 55.4 cm³/mol. The van der Waals surface area contributed by atoms with E-state index in [1.54, 1.807) is 11.3 Å². The van der Waals surface area contributed by atoms with Gasteiger partial charge in [0.25, 0.3) is 0 Å². The highest BCUT2D eigenvalue weighted by Gasteiger charge is 2.22. The molecule has 0 aromatic carbocycles. The lowest BCUT2D eigenvalue weighted by atomic mass is 10.2. The highest BCUT2D eigenvalue weighted by molar-refractivity contribution is 7.10. The lowest BCUT2D eigenvalue weighted by Crippen LogP contribution is -2.39. The van der Waals surface area contributed by atoms with E-state index in [4.69, 9.17) is 4.74 Å². The summed E-state index contributed by atoms with van der Waals surface area (Å²) in [4.78, 5) is 3.28. The number of morpholine rings is 1. The van der Waals surface area contributed by atoms with E-state index in [1.807, 2.05) is 17.5 Å². The summed E-state index contributed by atoms with van der Waals surface area (Å²) in [7, 11) is 0. The molecule has 0 spiro atoms. The van der Waals surface area contributed by atoms with E-state index in [9.17, 15) is 4.39 Å². The summed E-state index contributed by atoms with van der Waals surface area (Å²) in [6.45, 7) is 2.82. The second-order valence-corrected chi connectivity index (χ2v) is 4.31. The van der Waals surface area contributed by atoms with E-state index in [-0.39, 0.29) is 12.7 Å². The molecule has 1 aliphatic heterocycles. The number of thiophene rings is 1. The summed E-state index contributed by atoms with van der Waals surface area (Å²) >= 11 is 1.63. The van der Waals surface area contributed by atoms with Gasteiger partial charge >= 0.3 is 0 Å². The van der Waals surface area contributed by atoms with Crippen LogP contribution in [0.3, 0.4) is 0 Å². The standard InChI is InChI=1S/C10H14FNOS/c11-8-9(10-2-1-7-14-10)12-3-5-13-6-4-12/h1-2,7,9H,3-6,8H2. The molecule has 0 amide bonds. The molecule has 1 saturated heterocycles. The Hall–Kier alpha value is -0.450. The van der Waals surface area contributed by atoms with Gasteiger partial charge in [0, 0.05) is 18.0 Å². The molecule has 0 N–H and O–H groups in total. The second-order valence-electron chi connectivity index (χ2n) is 3.33. The third-order valence-corrected chi connectivity index (χ3v) is 3.48. The molecule has 1 atom stereocenters. The monoisotopic (exact) mass is 215 g/mol. The van der Waals surface area contributed by atoms with Crippen molar-refractivity contribution in [2.24, 2.45) is 0 Å². The van der Waals surface area contributed by atoms with E-state index in [1.165, 1.54) is 0 Å². The van der Waals surface area contributed by atoms with Gasteiger partial charge in [-0.05, 0) is 11.4 Å². The summed E-state index contributed by atoms with van der Waals surface area (Å²) in [6, 6.07) is 3.92. The predicted octanol–water partition coefficient (Wildman–Crippen LogP) is 2.09. The van der Waals surface area contributed by atoms with Crippen molar-refractivity contribution in [1.29, 1.82) is 0 Å². The van der Waals surface area contributed by atoms with Gasteiger partial charge in [0.15, 0.2) is 0 Å². The summed E-state index contributed by atoms with van der Waals surface area (Å²) in [5.41, 5.74) is 0. The van der Waals surface area contributed by atoms with Crippen molar-refractivity contribution >= 4 is 11.3 Å². The Kier molecular flexibility index (Phi) is 3.50. The molecule has 1 unspecified atom stereocenters. The molecule has 1 fully saturated rings. The highest BCUT2D eigenvalue weighted by atomic mass is 32.1. The number of nitrogens with zero attached hydrogens (tertiary/aromatic N) is 1. The minimum atomic E-state index is -0.305. The van der Waals surface area contributed by atoms with Gasteiger partial charge in [-0.3, -0.25) is 4.90 Å². The van der Waals surface area contributed by atoms with E-state index in [2.05, 4.69) is 4.90 Å². The van der Waals surface area contributed by atoms with Gasteiger partial charge in [-0.2, -0.15) is 0 Å². The van der Waals surface area contributed by atoms with E-state index >= 15 is 0 Å². The molecule has 0 bridgehead atoms. The maximum atomic E-state index is 12.9. The van der Waals surface area contributed by atoms with Crippen LogP contribution in [0.2, 0.25) is 0 Å². The minimum absolute atomic E-state index is 0.0566. The number of hydrogen-bond acceptors (Lipinski definition) is 3. The second kappa shape index (κ2) is 4.87. The van der Waals surface area contributed by atoms with Crippen LogP contribution in [0.5, 0.6) is 0 Å². The molecule has 14 heavy (non-hydrogen) atoms. The molecule has 78 valence electrons. The van der Waals surface area contributed by atoms with Crippen molar-refractivity contribution < 1.29 is 9.13 Å². The van der Waals surface area contributed by atoms with E-state index in [0.29, 0.717) is 0 Å². The highest BCUT2D eigenvalue weighted by Crippen LogP contribution is 2.26. The Bertz CT molecular complexity index is 259. The molecular weight excluding hydrogens is 201 g/mol. The molecular formula is C10H14FNOS. The molecule has 1 aromatic rings. The van der Waals surface area contributed by atoms with Crippen molar-refractivity contribution in [2.45, 2.75) is 6.04 Å². The molecule has 2 nitrogen and oxygen atoms in total. The fourth-order valence-corrected chi connectivity index (χ4v) is 2.56. The van der Waals surface area contributed by atoms with Crippen LogP contribution in [0, 0.1) is 0 Å². The van der Waals surface area contributed by atoms with Crippen molar-refractivity contribution in [3.8, 4) is 0 Å². The van der Waals surface area contributed by atoms with E-state index in [0.717, 1.165) is 31.2 Å². The average molecular weight is 215 g/mol. The van der Waals surface area contributed by atoms with Crippen molar-refractivity contribution in [1.82, 2.24) is 4.90 Å². The Morgan fingerprint density at radius 3 is 2.86 bits per heavy atom. The van der Waals surface area contributed by atoms with E-state index < -0.39 is 0 Å². The lowest BCUT2D eigenvalue weighted by molar-refractivity contribution is 0.0116. The van der Waals surface area contributed by atoms with Gasteiger partial charge in [-0.1, -0.05) is 6.07 Å². The molecule has 2 heterocycles. The zero-order chi connectivity index (χ0) is 9.80. The topological polar surface area (TPSA) is 12.5 Å². The number of hydrogen-bond donors (Lipinski definition) is 0. The smallest absolute Gasteiger partial charge is 0.110 e. The first-order valence-corrected chi connectivity index (χ1v) is 5.71. The molecule has 0 radical (unpaired) electrons. The normalized spacial score (nSPS) is 20.9. The Balaban J connectivity index is 2.04. The minimum Gasteiger partial charge on any atom is -0.379 e. The molecule has 0 aliphatic carbocycles. The van der Waals surface area contributed by atoms with Gasteiger partial charge in [-0.25, -0.2) is 4.39 Å². The van der Waals surface area contributed by atoms with Crippen LogP contribution in [0.1, 0.15) is 10.9 Å². The summed E-state index contributed by atoms with van der Waals surface area (Å²) in [6.07, 6.45) is 0. The quantitative estimate of drug-likeness (QED) is 0.765. The maximum Gasteiger partial charge on any atom is 0.110 e. The number of alkyl halides is 1. The van der Waals surface area contributed by atoms with Crippen LogP contribution < -0.4 is 0 Å². The van der Waals surface area contributed by atoms with Crippen LogP contribution in [0.25, 0.3) is 0 Å². The van der Waals surface area contributed by atoms with Gasteiger partial charge in [0.2, 0.25) is 0 Å². The van der Waals surface area contributed by atoms with Gasteiger partial charge in [0.05, 0.1) is 19.3 Å². The van der Waals surface area contributed by atoms with Crippen LogP contribution in [-0.4, -0.2) is 37.9 Å². The molecule has 1 aromatic heterocycles. The van der Waals surface area contributed by atoms with Crippen LogP contribution in [0.4, 0.5) is 4.39 Å². The molecule has 1 aliphatic rings. The maximum absolute atomic E-state index is 12.9. The van der Waals surface area contributed by atoms with Crippen LogP contribution in [-0.2, 0) is 4.74 Å². The first-order valence-electron chi connectivity index (χ1n) is 4.83. The third-order valence-electron chi connectivity index (χ3n) is 2.50. The third kappa shape index (κ3) is 2.13. The van der Waals surface area contributed by atoms with Gasteiger partial charge < -0.3 is 4.74 Å². The van der Waals surface area contributed by atoms with Crippen molar-refractivity contribution in [3.05, 3.63) is 22.4 Å². The first-order chi connectivity index (χ1) is 6.92. The van der Waals surface area contributed by atoms with Crippen LogP contribution in [0.15, 0.2) is 17.5 Å².